The second kappa shape index (κ2) is 14.9. The van der Waals surface area contributed by atoms with E-state index < -0.39 is 11.8 Å². The number of amides is 2. The lowest BCUT2D eigenvalue weighted by Gasteiger charge is -2.22. The quantitative estimate of drug-likeness (QED) is 0.0980. The number of nitrogens with one attached hydrogen (secondary N) is 3. The number of benzene rings is 4. The molecule has 10 heteroatoms. The summed E-state index contributed by atoms with van der Waals surface area (Å²) in [6, 6.07) is 25.3. The summed E-state index contributed by atoms with van der Waals surface area (Å²) in [6.07, 6.45) is 5.50. The Morgan fingerprint density at radius 1 is 0.630 bits per heavy atom. The molecule has 0 saturated carbocycles. The third kappa shape index (κ3) is 8.73. The number of hydrogen-bond donors (Lipinski definition) is 3. The smallest absolute Gasteiger partial charge is 0.232 e. The minimum atomic E-state index is -0.420. The van der Waals surface area contributed by atoms with Crippen molar-refractivity contribution in [1.82, 2.24) is 0 Å². The number of carbonyl (C=O) groups is 4. The molecule has 0 saturated heterocycles. The van der Waals surface area contributed by atoms with Crippen molar-refractivity contribution in [2.45, 2.75) is 22.6 Å². The molecule has 232 valence electrons. The van der Waals surface area contributed by atoms with Gasteiger partial charge in [-0.3, -0.25) is 19.2 Å². The fraction of sp³-hybridized carbons (Fsp3) is 0.111. The maximum absolute atomic E-state index is 12.6. The van der Waals surface area contributed by atoms with E-state index in [-0.39, 0.29) is 24.4 Å². The molecule has 0 aromatic heterocycles. The molecule has 0 aliphatic carbocycles. The van der Waals surface area contributed by atoms with Gasteiger partial charge in [-0.1, -0.05) is 48.2 Å². The highest BCUT2D eigenvalue weighted by Crippen LogP contribution is 2.46. The fourth-order valence-electron chi connectivity index (χ4n) is 4.49. The van der Waals surface area contributed by atoms with Crippen LogP contribution in [0.3, 0.4) is 0 Å². The van der Waals surface area contributed by atoms with Gasteiger partial charge in [-0.25, -0.2) is 0 Å². The summed E-state index contributed by atoms with van der Waals surface area (Å²) in [4.78, 5) is 51.5. The Balaban J connectivity index is 1.14. The second-order valence-corrected chi connectivity index (χ2v) is 11.3. The van der Waals surface area contributed by atoms with Crippen LogP contribution in [0.5, 0.6) is 11.5 Å². The molecule has 2 amide bonds. The van der Waals surface area contributed by atoms with Gasteiger partial charge in [0, 0.05) is 21.2 Å². The average Bonchev–Trinajstić information content (AvgIpc) is 3.05. The molecule has 1 heterocycles. The van der Waals surface area contributed by atoms with E-state index in [0.29, 0.717) is 11.4 Å². The molecule has 0 radical (unpaired) electrons. The van der Waals surface area contributed by atoms with Crippen LogP contribution in [0.25, 0.3) is 12.2 Å². The fourth-order valence-corrected chi connectivity index (χ4v) is 5.56. The maximum Gasteiger partial charge on any atom is 0.232 e. The van der Waals surface area contributed by atoms with Gasteiger partial charge < -0.3 is 25.4 Å². The van der Waals surface area contributed by atoms with Crippen molar-refractivity contribution in [2.75, 3.05) is 30.2 Å². The van der Waals surface area contributed by atoms with Crippen LogP contribution in [0.1, 0.15) is 24.0 Å². The SMILES string of the molecule is COc1ccc(/C=C/C(=O)CC(=O)Nc2ccc3c(c2)Sc2cc(NC(=O)CC(=O)/C=C/c4ccc(OC)cc4)ccc2N3)cc1. The number of allylic oxidation sites excluding steroid dienone is 2. The van der Waals surface area contributed by atoms with Crippen molar-refractivity contribution in [3.63, 3.8) is 0 Å². The molecule has 0 spiro atoms. The minimum absolute atomic E-state index is 0.291. The standard InChI is InChI=1S/C36H31N3O6S/c1-44-29-13-5-23(6-14-29)3-11-27(40)21-35(42)37-25-9-17-31-33(19-25)46-34-20-26(10-18-32(34)39-31)38-36(43)22-28(41)12-4-24-7-15-30(45-2)16-8-24/h3-20,39H,21-22H2,1-2H3,(H,37,42)(H,38,43)/b11-3+,12-4+. The Morgan fingerprint density at radius 3 is 1.43 bits per heavy atom. The molecule has 0 fully saturated rings. The first-order chi connectivity index (χ1) is 22.3. The summed E-state index contributed by atoms with van der Waals surface area (Å²) >= 11 is 1.47. The van der Waals surface area contributed by atoms with Crippen molar-refractivity contribution < 1.29 is 28.7 Å². The highest BCUT2D eigenvalue weighted by Gasteiger charge is 2.18. The van der Waals surface area contributed by atoms with Gasteiger partial charge >= 0.3 is 0 Å². The first-order valence-corrected chi connectivity index (χ1v) is 15.1. The average molecular weight is 634 g/mol. The monoisotopic (exact) mass is 633 g/mol. The van der Waals surface area contributed by atoms with Gasteiger partial charge in [0.25, 0.3) is 0 Å². The Bertz CT molecular complexity index is 1700. The molecule has 0 atom stereocenters. The zero-order chi connectivity index (χ0) is 32.5. The molecule has 4 aromatic rings. The number of anilines is 4. The van der Waals surface area contributed by atoms with Crippen molar-refractivity contribution >= 4 is 70.0 Å². The van der Waals surface area contributed by atoms with Gasteiger partial charge in [-0.15, -0.1) is 0 Å². The lowest BCUT2D eigenvalue weighted by Crippen LogP contribution is -2.16. The Hall–Kier alpha value is -5.61. The molecule has 46 heavy (non-hydrogen) atoms. The van der Waals surface area contributed by atoms with Crippen LogP contribution < -0.4 is 25.4 Å². The van der Waals surface area contributed by atoms with Gasteiger partial charge in [0.15, 0.2) is 11.6 Å². The van der Waals surface area contributed by atoms with Crippen LogP contribution in [0.4, 0.5) is 22.7 Å². The number of ketones is 2. The largest absolute Gasteiger partial charge is 0.497 e. The van der Waals surface area contributed by atoms with E-state index in [1.165, 1.54) is 23.9 Å². The van der Waals surface area contributed by atoms with E-state index >= 15 is 0 Å². The summed E-state index contributed by atoms with van der Waals surface area (Å²) in [7, 11) is 3.17. The van der Waals surface area contributed by atoms with Crippen molar-refractivity contribution in [1.29, 1.82) is 0 Å². The number of methoxy groups -OCH3 is 2. The number of rotatable bonds is 12. The molecule has 0 unspecified atom stereocenters. The van der Waals surface area contributed by atoms with Crippen molar-refractivity contribution in [2.24, 2.45) is 0 Å². The van der Waals surface area contributed by atoms with Crippen LogP contribution in [-0.2, 0) is 19.2 Å². The summed E-state index contributed by atoms with van der Waals surface area (Å²) < 4.78 is 10.3. The van der Waals surface area contributed by atoms with Crippen LogP contribution >= 0.6 is 11.8 Å². The Morgan fingerprint density at radius 2 is 1.04 bits per heavy atom. The Kier molecular flexibility index (Phi) is 10.3. The number of ether oxygens (including phenoxy) is 2. The second-order valence-electron chi connectivity index (χ2n) is 10.2. The van der Waals surface area contributed by atoms with Gasteiger partial charge in [-0.05, 0) is 83.9 Å². The van der Waals surface area contributed by atoms with E-state index in [4.69, 9.17) is 9.47 Å². The van der Waals surface area contributed by atoms with E-state index in [0.717, 1.165) is 43.8 Å². The molecule has 3 N–H and O–H groups in total. The van der Waals surface area contributed by atoms with E-state index in [1.54, 1.807) is 62.8 Å². The molecular weight excluding hydrogens is 602 g/mol. The van der Waals surface area contributed by atoms with Crippen molar-refractivity contribution in [3.8, 4) is 11.5 Å². The maximum atomic E-state index is 12.6. The first-order valence-electron chi connectivity index (χ1n) is 14.3. The van der Waals surface area contributed by atoms with Gasteiger partial charge in [0.2, 0.25) is 11.8 Å². The van der Waals surface area contributed by atoms with Crippen LogP contribution in [0, 0.1) is 0 Å². The molecular formula is C36H31N3O6S. The Labute approximate surface area is 270 Å². The number of hydrogen-bond acceptors (Lipinski definition) is 8. The number of carbonyl (C=O) groups excluding carboxylic acids is 4. The predicted molar refractivity (Wildman–Crippen MR) is 181 cm³/mol. The van der Waals surface area contributed by atoms with Gasteiger partial charge in [0.05, 0.1) is 38.4 Å². The van der Waals surface area contributed by atoms with Crippen LogP contribution in [0.15, 0.2) is 107 Å². The number of fused-ring (bicyclic) bond motifs is 2. The van der Waals surface area contributed by atoms with Gasteiger partial charge in [-0.2, -0.15) is 0 Å². The molecule has 5 rings (SSSR count). The lowest BCUT2D eigenvalue weighted by molar-refractivity contribution is -0.124. The predicted octanol–water partition coefficient (Wildman–Crippen LogP) is 7.13. The first kappa shape index (κ1) is 31.8. The van der Waals surface area contributed by atoms with Crippen LogP contribution in [0.2, 0.25) is 0 Å². The molecule has 1 aliphatic heterocycles. The highest BCUT2D eigenvalue weighted by molar-refractivity contribution is 7.99. The van der Waals surface area contributed by atoms with E-state index in [1.807, 2.05) is 48.5 Å². The normalized spacial score (nSPS) is 11.7. The van der Waals surface area contributed by atoms with E-state index in [2.05, 4.69) is 16.0 Å². The zero-order valence-electron chi connectivity index (χ0n) is 25.2. The summed E-state index contributed by atoms with van der Waals surface area (Å²) in [5.74, 6) is -0.0399. The third-order valence-electron chi connectivity index (χ3n) is 6.84. The summed E-state index contributed by atoms with van der Waals surface area (Å²) in [6.45, 7) is 0. The lowest BCUT2D eigenvalue weighted by atomic mass is 10.1. The summed E-state index contributed by atoms with van der Waals surface area (Å²) in [5.41, 5.74) is 4.48. The summed E-state index contributed by atoms with van der Waals surface area (Å²) in [5, 5.41) is 8.94. The topological polar surface area (TPSA) is 123 Å². The molecule has 0 bridgehead atoms. The minimum Gasteiger partial charge on any atom is -0.497 e. The van der Waals surface area contributed by atoms with E-state index in [9.17, 15) is 19.2 Å². The van der Waals surface area contributed by atoms with Gasteiger partial charge in [0.1, 0.15) is 11.5 Å². The molecule has 4 aromatic carbocycles. The zero-order valence-corrected chi connectivity index (χ0v) is 26.0. The van der Waals surface area contributed by atoms with Crippen molar-refractivity contribution in [3.05, 3.63) is 108 Å². The highest BCUT2D eigenvalue weighted by atomic mass is 32.2. The third-order valence-corrected chi connectivity index (χ3v) is 7.96. The van der Waals surface area contributed by atoms with Crippen LogP contribution in [-0.4, -0.2) is 37.6 Å². The molecule has 9 nitrogen and oxygen atoms in total. The molecule has 1 aliphatic rings.